The van der Waals surface area contributed by atoms with E-state index in [9.17, 15) is 8.42 Å². The summed E-state index contributed by atoms with van der Waals surface area (Å²) in [6.07, 6.45) is 1.68. The lowest BCUT2D eigenvalue weighted by atomic mass is 10.3. The molecular formula is C9H23ClN2O3S. The van der Waals surface area contributed by atoms with E-state index in [0.29, 0.717) is 13.1 Å². The van der Waals surface area contributed by atoms with Gasteiger partial charge in [-0.05, 0) is 33.2 Å². The van der Waals surface area contributed by atoms with E-state index >= 15 is 0 Å². The van der Waals surface area contributed by atoms with Gasteiger partial charge < -0.3 is 10.5 Å². The monoisotopic (exact) mass is 274 g/mol. The van der Waals surface area contributed by atoms with Crippen LogP contribution < -0.4 is 10.5 Å². The molecular weight excluding hydrogens is 252 g/mol. The molecule has 0 unspecified atom stereocenters. The predicted octanol–water partition coefficient (Wildman–Crippen LogP) is 0.491. The Morgan fingerprint density at radius 2 is 1.94 bits per heavy atom. The summed E-state index contributed by atoms with van der Waals surface area (Å²) in [5.41, 5.74) is 5.29. The fourth-order valence-electron chi connectivity index (χ4n) is 0.963. The van der Waals surface area contributed by atoms with Crippen LogP contribution in [0, 0.1) is 0 Å². The second kappa shape index (κ2) is 10.3. The van der Waals surface area contributed by atoms with Gasteiger partial charge in [-0.25, -0.2) is 13.1 Å². The van der Waals surface area contributed by atoms with Crippen molar-refractivity contribution in [3.63, 3.8) is 0 Å². The third-order valence-electron chi connectivity index (χ3n) is 1.76. The van der Waals surface area contributed by atoms with E-state index in [2.05, 4.69) is 4.72 Å². The van der Waals surface area contributed by atoms with E-state index in [1.165, 1.54) is 0 Å². The van der Waals surface area contributed by atoms with E-state index in [1.807, 2.05) is 13.8 Å². The molecule has 0 bridgehead atoms. The third kappa shape index (κ3) is 12.2. The maximum atomic E-state index is 11.4. The number of ether oxygens (including phenoxy) is 1. The highest BCUT2D eigenvalue weighted by atomic mass is 35.5. The summed E-state index contributed by atoms with van der Waals surface area (Å²) >= 11 is 0. The van der Waals surface area contributed by atoms with Gasteiger partial charge in [0.25, 0.3) is 0 Å². The Balaban J connectivity index is 0. The molecule has 3 N–H and O–H groups in total. The molecule has 0 fully saturated rings. The summed E-state index contributed by atoms with van der Waals surface area (Å²) in [4.78, 5) is 0. The minimum absolute atomic E-state index is 0. The van der Waals surface area contributed by atoms with E-state index in [-0.39, 0.29) is 30.9 Å². The molecule has 0 aliphatic heterocycles. The fraction of sp³-hybridized carbons (Fsp3) is 1.00. The van der Waals surface area contributed by atoms with Gasteiger partial charge in [0.15, 0.2) is 0 Å². The highest BCUT2D eigenvalue weighted by Gasteiger charge is 2.09. The molecule has 7 heteroatoms. The van der Waals surface area contributed by atoms with Gasteiger partial charge in [0.1, 0.15) is 0 Å². The van der Waals surface area contributed by atoms with Crippen LogP contribution in [0.1, 0.15) is 26.7 Å². The number of sulfonamides is 1. The molecule has 0 aromatic rings. The fourth-order valence-corrected chi connectivity index (χ4v) is 1.88. The first kappa shape index (κ1) is 18.5. The summed E-state index contributed by atoms with van der Waals surface area (Å²) in [5, 5.41) is 0. The summed E-state index contributed by atoms with van der Waals surface area (Å²) in [6, 6.07) is 0. The molecule has 0 saturated heterocycles. The third-order valence-corrected chi connectivity index (χ3v) is 3.10. The quantitative estimate of drug-likeness (QED) is 0.600. The van der Waals surface area contributed by atoms with Crippen LogP contribution in [0.5, 0.6) is 0 Å². The van der Waals surface area contributed by atoms with Crippen molar-refractivity contribution in [3.05, 3.63) is 0 Å². The van der Waals surface area contributed by atoms with Crippen LogP contribution >= 0.6 is 12.4 Å². The maximum absolute atomic E-state index is 11.4. The zero-order chi connectivity index (χ0) is 11.7. The van der Waals surface area contributed by atoms with Crippen LogP contribution in [0.3, 0.4) is 0 Å². The Morgan fingerprint density at radius 3 is 2.44 bits per heavy atom. The molecule has 0 rings (SSSR count). The van der Waals surface area contributed by atoms with E-state index in [0.717, 1.165) is 12.8 Å². The number of hydrogen-bond donors (Lipinski definition) is 2. The number of halogens is 1. The normalized spacial score (nSPS) is 11.5. The number of rotatable bonds is 9. The van der Waals surface area contributed by atoms with Crippen molar-refractivity contribution in [2.45, 2.75) is 32.8 Å². The van der Waals surface area contributed by atoms with E-state index in [1.54, 1.807) is 0 Å². The minimum atomic E-state index is -3.17. The lowest BCUT2D eigenvalue weighted by molar-refractivity contribution is 0.0911. The van der Waals surface area contributed by atoms with Gasteiger partial charge >= 0.3 is 0 Å². The van der Waals surface area contributed by atoms with Crippen molar-refractivity contribution in [1.29, 1.82) is 0 Å². The van der Waals surface area contributed by atoms with Gasteiger partial charge in [-0.2, -0.15) is 0 Å². The molecule has 0 aliphatic rings. The van der Waals surface area contributed by atoms with Gasteiger partial charge in [0.2, 0.25) is 10.0 Å². The lowest BCUT2D eigenvalue weighted by Gasteiger charge is -2.08. The van der Waals surface area contributed by atoms with Gasteiger partial charge in [0.05, 0.1) is 18.5 Å². The second-order valence-corrected chi connectivity index (χ2v) is 5.55. The Kier molecular flexibility index (Phi) is 11.9. The molecule has 0 aliphatic carbocycles. The Bertz CT molecular complexity index is 245. The highest BCUT2D eigenvalue weighted by Crippen LogP contribution is 1.92. The molecule has 100 valence electrons. The van der Waals surface area contributed by atoms with Gasteiger partial charge in [0, 0.05) is 6.54 Å². The van der Waals surface area contributed by atoms with Crippen LogP contribution in [0.4, 0.5) is 0 Å². The molecule has 0 radical (unpaired) electrons. The molecule has 0 spiro atoms. The first-order valence-electron chi connectivity index (χ1n) is 5.27. The molecule has 0 aromatic heterocycles. The summed E-state index contributed by atoms with van der Waals surface area (Å²) in [5.74, 6) is 0.0216. The summed E-state index contributed by atoms with van der Waals surface area (Å²) in [6.45, 7) is 5.05. The SMILES string of the molecule is CC(C)OCCS(=O)(=O)NCCCCN.Cl. The van der Waals surface area contributed by atoms with E-state index in [4.69, 9.17) is 10.5 Å². The summed E-state index contributed by atoms with van der Waals surface area (Å²) in [7, 11) is -3.17. The Labute approximate surface area is 105 Å². The van der Waals surface area contributed by atoms with Crippen molar-refractivity contribution in [3.8, 4) is 0 Å². The minimum Gasteiger partial charge on any atom is -0.378 e. The average molecular weight is 275 g/mol. The molecule has 16 heavy (non-hydrogen) atoms. The standard InChI is InChI=1S/C9H22N2O3S.ClH/c1-9(2)14-7-8-15(12,13)11-6-4-3-5-10;/h9,11H,3-8,10H2,1-2H3;1H. The molecule has 0 heterocycles. The first-order chi connectivity index (χ1) is 6.98. The number of nitrogens with two attached hydrogens (primary N) is 1. The second-order valence-electron chi connectivity index (χ2n) is 3.63. The van der Waals surface area contributed by atoms with Crippen molar-refractivity contribution < 1.29 is 13.2 Å². The largest absolute Gasteiger partial charge is 0.378 e. The van der Waals surface area contributed by atoms with Crippen LogP contribution in [-0.2, 0) is 14.8 Å². The van der Waals surface area contributed by atoms with Crippen LogP contribution in [0.25, 0.3) is 0 Å². The van der Waals surface area contributed by atoms with Gasteiger partial charge in [-0.3, -0.25) is 0 Å². The predicted molar refractivity (Wildman–Crippen MR) is 68.4 cm³/mol. The maximum Gasteiger partial charge on any atom is 0.213 e. The smallest absolute Gasteiger partial charge is 0.213 e. The van der Waals surface area contributed by atoms with Crippen LogP contribution in [0.15, 0.2) is 0 Å². The van der Waals surface area contributed by atoms with Crippen molar-refractivity contribution in [2.24, 2.45) is 5.73 Å². The van der Waals surface area contributed by atoms with Crippen molar-refractivity contribution >= 4 is 22.4 Å². The van der Waals surface area contributed by atoms with E-state index < -0.39 is 10.0 Å². The first-order valence-corrected chi connectivity index (χ1v) is 6.92. The van der Waals surface area contributed by atoms with Crippen LogP contribution in [0.2, 0.25) is 0 Å². The molecule has 0 aromatic carbocycles. The number of nitrogens with one attached hydrogen (secondary N) is 1. The molecule has 0 saturated carbocycles. The average Bonchev–Trinajstić information content (AvgIpc) is 2.11. The molecule has 0 atom stereocenters. The van der Waals surface area contributed by atoms with Crippen molar-refractivity contribution in [2.75, 3.05) is 25.4 Å². The zero-order valence-corrected chi connectivity index (χ0v) is 11.6. The van der Waals surface area contributed by atoms with Gasteiger partial charge in [-0.15, -0.1) is 12.4 Å². The summed E-state index contributed by atoms with van der Waals surface area (Å²) < 4.78 is 30.4. The van der Waals surface area contributed by atoms with Gasteiger partial charge in [-0.1, -0.05) is 0 Å². The molecule has 0 amide bonds. The number of hydrogen-bond acceptors (Lipinski definition) is 4. The van der Waals surface area contributed by atoms with Crippen LogP contribution in [-0.4, -0.2) is 40.0 Å². The highest BCUT2D eigenvalue weighted by molar-refractivity contribution is 7.89. The lowest BCUT2D eigenvalue weighted by Crippen LogP contribution is -2.30. The Hall–Kier alpha value is 0.120. The Morgan fingerprint density at radius 1 is 1.31 bits per heavy atom. The zero-order valence-electron chi connectivity index (χ0n) is 9.94. The molecule has 5 nitrogen and oxygen atoms in total. The topological polar surface area (TPSA) is 81.4 Å². The van der Waals surface area contributed by atoms with Crippen molar-refractivity contribution in [1.82, 2.24) is 4.72 Å². The number of unbranched alkanes of at least 4 members (excludes halogenated alkanes) is 1.